The summed E-state index contributed by atoms with van der Waals surface area (Å²) < 4.78 is 0. The van der Waals surface area contributed by atoms with Crippen molar-refractivity contribution in [1.29, 1.82) is 0 Å². The highest BCUT2D eigenvalue weighted by atomic mass is 16.4. The highest BCUT2D eigenvalue weighted by Gasteiger charge is 2.30. The van der Waals surface area contributed by atoms with E-state index in [0.29, 0.717) is 6.42 Å². The number of aliphatic carboxylic acids is 1. The van der Waals surface area contributed by atoms with Crippen LogP contribution < -0.4 is 4.90 Å². The van der Waals surface area contributed by atoms with Crippen LogP contribution in [0.1, 0.15) is 24.8 Å². The van der Waals surface area contributed by atoms with E-state index in [4.69, 9.17) is 4.98 Å². The van der Waals surface area contributed by atoms with Gasteiger partial charge in [0.1, 0.15) is 11.9 Å². The summed E-state index contributed by atoms with van der Waals surface area (Å²) >= 11 is 0. The van der Waals surface area contributed by atoms with Crippen LogP contribution in [0.2, 0.25) is 0 Å². The minimum absolute atomic E-state index is 0.448. The van der Waals surface area contributed by atoms with E-state index in [1.54, 1.807) is 0 Å². The maximum Gasteiger partial charge on any atom is 0.326 e. The lowest BCUT2D eigenvalue weighted by Gasteiger charge is -2.34. The number of rotatable bonds is 2. The molecule has 104 valence electrons. The molecule has 1 atom stereocenters. The molecule has 1 aliphatic heterocycles. The molecule has 1 fully saturated rings. The number of carboxylic acids is 1. The molecule has 1 aromatic heterocycles. The van der Waals surface area contributed by atoms with Gasteiger partial charge in [-0.3, -0.25) is 0 Å². The van der Waals surface area contributed by atoms with Crippen LogP contribution in [-0.2, 0) is 4.79 Å². The maximum atomic E-state index is 11.4. The maximum absolute atomic E-state index is 11.4. The molecule has 0 aliphatic carbocycles. The fraction of sp³-hybridized carbons (Fsp3) is 0.375. The molecule has 0 radical (unpaired) electrons. The van der Waals surface area contributed by atoms with Crippen LogP contribution in [0.15, 0.2) is 30.3 Å². The molecule has 1 aromatic carbocycles. The molecule has 0 amide bonds. The Bertz CT molecular complexity index is 654. The zero-order valence-electron chi connectivity index (χ0n) is 11.5. The average Bonchev–Trinajstić information content (AvgIpc) is 2.46. The van der Waals surface area contributed by atoms with Crippen LogP contribution in [0.25, 0.3) is 10.9 Å². The predicted molar refractivity (Wildman–Crippen MR) is 79.1 cm³/mol. The number of carbonyl (C=O) groups is 1. The van der Waals surface area contributed by atoms with Gasteiger partial charge in [0.25, 0.3) is 0 Å². The third-order valence-corrected chi connectivity index (χ3v) is 3.95. The highest BCUT2D eigenvalue weighted by Crippen LogP contribution is 2.28. The quantitative estimate of drug-likeness (QED) is 0.911. The Labute approximate surface area is 118 Å². The zero-order chi connectivity index (χ0) is 14.1. The van der Waals surface area contributed by atoms with Gasteiger partial charge in [-0.2, -0.15) is 0 Å². The second kappa shape index (κ2) is 5.12. The largest absolute Gasteiger partial charge is 0.480 e. The number of fused-ring (bicyclic) bond motifs is 1. The van der Waals surface area contributed by atoms with Crippen molar-refractivity contribution in [1.82, 2.24) is 4.98 Å². The van der Waals surface area contributed by atoms with Gasteiger partial charge in [0.05, 0.1) is 5.52 Å². The molecule has 2 aromatic rings. The molecule has 4 nitrogen and oxygen atoms in total. The molecule has 0 bridgehead atoms. The van der Waals surface area contributed by atoms with Gasteiger partial charge in [-0.25, -0.2) is 9.78 Å². The Hall–Kier alpha value is -2.10. The van der Waals surface area contributed by atoms with Crippen molar-refractivity contribution in [2.24, 2.45) is 0 Å². The Morgan fingerprint density at radius 2 is 2.15 bits per heavy atom. The molecule has 1 unspecified atom stereocenters. The summed E-state index contributed by atoms with van der Waals surface area (Å²) in [6.07, 6.45) is 2.70. The van der Waals surface area contributed by atoms with Crippen molar-refractivity contribution in [3.63, 3.8) is 0 Å². The first-order valence-electron chi connectivity index (χ1n) is 7.02. The van der Waals surface area contributed by atoms with Crippen LogP contribution in [0, 0.1) is 6.92 Å². The van der Waals surface area contributed by atoms with Gasteiger partial charge in [0.2, 0.25) is 0 Å². The van der Waals surface area contributed by atoms with Crippen molar-refractivity contribution in [2.75, 3.05) is 11.4 Å². The molecular formula is C16H18N2O2. The van der Waals surface area contributed by atoms with Crippen molar-refractivity contribution in [3.05, 3.63) is 35.9 Å². The normalized spacial score (nSPS) is 19.2. The van der Waals surface area contributed by atoms with Gasteiger partial charge in [-0.1, -0.05) is 18.2 Å². The number of piperidine rings is 1. The lowest BCUT2D eigenvalue weighted by molar-refractivity contribution is -0.139. The number of anilines is 1. The molecule has 3 rings (SSSR count). The number of aryl methyl sites for hydroxylation is 1. The zero-order valence-corrected chi connectivity index (χ0v) is 11.5. The summed E-state index contributed by atoms with van der Waals surface area (Å²) in [6, 6.07) is 9.59. The minimum atomic E-state index is -0.751. The fourth-order valence-electron chi connectivity index (χ4n) is 2.94. The number of hydrogen-bond acceptors (Lipinski definition) is 3. The van der Waals surface area contributed by atoms with Crippen molar-refractivity contribution >= 4 is 22.7 Å². The van der Waals surface area contributed by atoms with Gasteiger partial charge < -0.3 is 10.0 Å². The summed E-state index contributed by atoms with van der Waals surface area (Å²) in [4.78, 5) is 18.1. The van der Waals surface area contributed by atoms with Crippen LogP contribution in [-0.4, -0.2) is 28.6 Å². The third kappa shape index (κ3) is 2.22. The number of para-hydroxylation sites is 1. The summed E-state index contributed by atoms with van der Waals surface area (Å²) in [7, 11) is 0. The number of carboxylic acid groups (broad SMARTS) is 1. The van der Waals surface area contributed by atoms with Crippen LogP contribution >= 0.6 is 0 Å². The molecule has 4 heteroatoms. The number of aromatic nitrogens is 1. The molecule has 0 spiro atoms. The van der Waals surface area contributed by atoms with E-state index in [-0.39, 0.29) is 0 Å². The second-order valence-electron chi connectivity index (χ2n) is 5.36. The first kappa shape index (κ1) is 12.9. The third-order valence-electron chi connectivity index (χ3n) is 3.95. The summed E-state index contributed by atoms with van der Waals surface area (Å²) in [6.45, 7) is 2.77. The summed E-state index contributed by atoms with van der Waals surface area (Å²) in [5.41, 5.74) is 1.96. The SMILES string of the molecule is Cc1cc2ccccc2nc1N1CCCCC1C(=O)O. The van der Waals surface area contributed by atoms with Gasteiger partial charge >= 0.3 is 5.97 Å². The van der Waals surface area contributed by atoms with Gasteiger partial charge in [0.15, 0.2) is 0 Å². The van der Waals surface area contributed by atoms with E-state index in [1.165, 1.54) is 0 Å². The second-order valence-corrected chi connectivity index (χ2v) is 5.36. The van der Waals surface area contributed by atoms with E-state index >= 15 is 0 Å². The highest BCUT2D eigenvalue weighted by molar-refractivity contribution is 5.84. The Morgan fingerprint density at radius 1 is 1.35 bits per heavy atom. The topological polar surface area (TPSA) is 53.4 Å². The van der Waals surface area contributed by atoms with Gasteiger partial charge in [-0.05, 0) is 43.9 Å². The van der Waals surface area contributed by atoms with Crippen molar-refractivity contribution < 1.29 is 9.90 Å². The molecule has 1 aliphatic rings. The molecule has 2 heterocycles. The van der Waals surface area contributed by atoms with Gasteiger partial charge in [-0.15, -0.1) is 0 Å². The average molecular weight is 270 g/mol. The lowest BCUT2D eigenvalue weighted by Crippen LogP contribution is -2.45. The van der Waals surface area contributed by atoms with E-state index in [1.807, 2.05) is 36.1 Å². The molecule has 0 saturated carbocycles. The molecule has 1 saturated heterocycles. The Kier molecular flexibility index (Phi) is 3.30. The van der Waals surface area contributed by atoms with E-state index in [2.05, 4.69) is 6.07 Å². The van der Waals surface area contributed by atoms with E-state index in [0.717, 1.165) is 41.7 Å². The fourth-order valence-corrected chi connectivity index (χ4v) is 2.94. The molecule has 20 heavy (non-hydrogen) atoms. The van der Waals surface area contributed by atoms with Crippen molar-refractivity contribution in [3.8, 4) is 0 Å². The number of pyridine rings is 1. The van der Waals surface area contributed by atoms with Crippen LogP contribution in [0.4, 0.5) is 5.82 Å². The van der Waals surface area contributed by atoms with Crippen molar-refractivity contribution in [2.45, 2.75) is 32.2 Å². The van der Waals surface area contributed by atoms with Crippen LogP contribution in [0.3, 0.4) is 0 Å². The van der Waals surface area contributed by atoms with Crippen LogP contribution in [0.5, 0.6) is 0 Å². The predicted octanol–water partition coefficient (Wildman–Crippen LogP) is 2.99. The Morgan fingerprint density at radius 3 is 2.95 bits per heavy atom. The Balaban J connectivity index is 2.07. The smallest absolute Gasteiger partial charge is 0.326 e. The monoisotopic (exact) mass is 270 g/mol. The summed E-state index contributed by atoms with van der Waals surface area (Å²) in [5.74, 6) is 0.0647. The minimum Gasteiger partial charge on any atom is -0.480 e. The standard InChI is InChI=1S/C16H18N2O2/c1-11-10-12-6-2-3-7-13(12)17-15(11)18-9-5-4-8-14(18)16(19)20/h2-3,6-7,10,14H,4-5,8-9H2,1H3,(H,19,20). The lowest BCUT2D eigenvalue weighted by atomic mass is 10.0. The van der Waals surface area contributed by atoms with E-state index in [9.17, 15) is 9.90 Å². The summed E-state index contributed by atoms with van der Waals surface area (Å²) in [5, 5.41) is 10.5. The first-order valence-corrected chi connectivity index (χ1v) is 7.02. The first-order chi connectivity index (χ1) is 9.66. The van der Waals surface area contributed by atoms with Gasteiger partial charge in [0, 0.05) is 11.9 Å². The number of nitrogens with zero attached hydrogens (tertiary/aromatic N) is 2. The number of hydrogen-bond donors (Lipinski definition) is 1. The molecule has 1 N–H and O–H groups in total. The molecular weight excluding hydrogens is 252 g/mol. The van der Waals surface area contributed by atoms with E-state index < -0.39 is 12.0 Å². The number of benzene rings is 1.